The summed E-state index contributed by atoms with van der Waals surface area (Å²) in [5, 5.41) is 0. The maximum Gasteiger partial charge on any atom is 0.228 e. The second-order valence-corrected chi connectivity index (χ2v) is 8.41. The minimum Gasteiger partial charge on any atom is -0.474 e. The minimum absolute atomic E-state index is 0.308. The van der Waals surface area contributed by atoms with Crippen molar-refractivity contribution in [1.82, 2.24) is 9.88 Å². The molecule has 0 aromatic carbocycles. The number of nitrogens with zero attached hydrogens (tertiary/aromatic N) is 3. The molecule has 2 aliphatic rings. The predicted octanol–water partition coefficient (Wildman–Crippen LogP) is 5.50. The molecular weight excluding hydrogens is 378 g/mol. The van der Waals surface area contributed by atoms with E-state index in [0.29, 0.717) is 6.10 Å². The molecule has 3 unspecified atom stereocenters. The highest BCUT2D eigenvalue weighted by Gasteiger charge is 2.33. The zero-order chi connectivity index (χ0) is 17.8. The molecule has 0 amide bonds. The van der Waals surface area contributed by atoms with E-state index in [2.05, 4.69) is 32.8 Å². The first-order chi connectivity index (χ1) is 12.1. The largest absolute Gasteiger partial charge is 0.474 e. The van der Waals surface area contributed by atoms with E-state index >= 15 is 0 Å². The fraction of sp³-hybridized carbons (Fsp3) is 0.700. The molecule has 5 heteroatoms. The molecule has 2 fully saturated rings. The van der Waals surface area contributed by atoms with Crippen molar-refractivity contribution in [1.29, 1.82) is 0 Å². The average Bonchev–Trinajstić information content (AvgIpc) is 2.63. The quantitative estimate of drug-likeness (QED) is 0.477. The molecule has 0 radical (unpaired) electrons. The highest BCUT2D eigenvalue weighted by atomic mass is 79.9. The Balaban J connectivity index is 1.66. The summed E-state index contributed by atoms with van der Waals surface area (Å²) in [7, 11) is 2.01. The van der Waals surface area contributed by atoms with Crippen molar-refractivity contribution in [3.05, 3.63) is 16.2 Å². The Morgan fingerprint density at radius 1 is 1.28 bits per heavy atom. The minimum atomic E-state index is 0.308. The molecule has 1 heterocycles. The molecule has 2 saturated carbocycles. The number of ether oxygens (including phenoxy) is 1. The van der Waals surface area contributed by atoms with Crippen LogP contribution in [0.15, 0.2) is 15.5 Å². The van der Waals surface area contributed by atoms with Crippen LogP contribution < -0.4 is 4.74 Å². The summed E-state index contributed by atoms with van der Waals surface area (Å²) in [6.07, 6.45) is 11.5. The molecule has 0 saturated heterocycles. The maximum absolute atomic E-state index is 6.30. The number of aromatic nitrogens is 1. The second kappa shape index (κ2) is 8.52. The van der Waals surface area contributed by atoms with Crippen LogP contribution >= 0.6 is 15.9 Å². The standard InChI is InChI=1S/C20H30BrN3O/c1-4-24(3)13-22-19-12-18(21)20(23-14(19)2)25-17-10-9-15-7-5-6-8-16(15)11-17/h12-13,15-17H,4-11H2,1-3H3. The summed E-state index contributed by atoms with van der Waals surface area (Å²) in [5.41, 5.74) is 1.79. The summed E-state index contributed by atoms with van der Waals surface area (Å²) >= 11 is 3.63. The predicted molar refractivity (Wildman–Crippen MR) is 107 cm³/mol. The van der Waals surface area contributed by atoms with E-state index in [1.165, 1.54) is 38.5 Å². The van der Waals surface area contributed by atoms with Crippen molar-refractivity contribution in [3.63, 3.8) is 0 Å². The molecular formula is C20H30BrN3O. The van der Waals surface area contributed by atoms with Gasteiger partial charge in [-0.25, -0.2) is 9.98 Å². The van der Waals surface area contributed by atoms with Gasteiger partial charge >= 0.3 is 0 Å². The van der Waals surface area contributed by atoms with E-state index in [0.717, 1.165) is 46.5 Å². The van der Waals surface area contributed by atoms with Crippen LogP contribution in [-0.4, -0.2) is 35.9 Å². The number of aliphatic imine (C=N–C) groups is 1. The normalized spacial score (nSPS) is 26.5. The van der Waals surface area contributed by atoms with E-state index in [4.69, 9.17) is 4.74 Å². The maximum atomic E-state index is 6.30. The number of rotatable bonds is 5. The molecule has 0 N–H and O–H groups in total. The summed E-state index contributed by atoms with van der Waals surface area (Å²) < 4.78 is 7.20. The average molecular weight is 408 g/mol. The highest BCUT2D eigenvalue weighted by Crippen LogP contribution is 2.42. The third kappa shape index (κ3) is 4.75. The van der Waals surface area contributed by atoms with Gasteiger partial charge in [0, 0.05) is 13.6 Å². The van der Waals surface area contributed by atoms with Crippen LogP contribution in [-0.2, 0) is 0 Å². The SMILES string of the molecule is CCN(C)C=Nc1cc(Br)c(OC2CCC3CCCCC3C2)nc1C. The van der Waals surface area contributed by atoms with E-state index in [-0.39, 0.29) is 0 Å². The van der Waals surface area contributed by atoms with Gasteiger partial charge in [0.2, 0.25) is 5.88 Å². The molecule has 1 aromatic rings. The van der Waals surface area contributed by atoms with Crippen molar-refractivity contribution in [2.24, 2.45) is 16.8 Å². The van der Waals surface area contributed by atoms with Gasteiger partial charge in [-0.05, 0) is 66.9 Å². The lowest BCUT2D eigenvalue weighted by Gasteiger charge is -2.39. The van der Waals surface area contributed by atoms with Crippen LogP contribution in [0.1, 0.15) is 57.6 Å². The molecule has 0 aliphatic heterocycles. The Hall–Kier alpha value is -1.10. The monoisotopic (exact) mass is 407 g/mol. The number of hydrogen-bond donors (Lipinski definition) is 0. The summed E-state index contributed by atoms with van der Waals surface area (Å²) in [6.45, 7) is 5.03. The van der Waals surface area contributed by atoms with E-state index in [9.17, 15) is 0 Å². The number of aryl methyl sites for hydroxylation is 1. The zero-order valence-corrected chi connectivity index (χ0v) is 17.3. The first kappa shape index (κ1) is 18.7. The number of fused-ring (bicyclic) bond motifs is 1. The highest BCUT2D eigenvalue weighted by molar-refractivity contribution is 9.10. The molecule has 0 bridgehead atoms. The summed E-state index contributed by atoms with van der Waals surface area (Å²) in [4.78, 5) is 11.2. The van der Waals surface area contributed by atoms with Gasteiger partial charge in [0.25, 0.3) is 0 Å². The van der Waals surface area contributed by atoms with Crippen molar-refractivity contribution < 1.29 is 4.74 Å². The molecule has 2 aliphatic carbocycles. The summed E-state index contributed by atoms with van der Waals surface area (Å²) in [6, 6.07) is 2.02. The van der Waals surface area contributed by atoms with Gasteiger partial charge in [0.05, 0.1) is 22.2 Å². The van der Waals surface area contributed by atoms with Gasteiger partial charge in [-0.2, -0.15) is 0 Å². The molecule has 1 aromatic heterocycles. The molecule has 3 atom stereocenters. The van der Waals surface area contributed by atoms with E-state index in [1.807, 2.05) is 31.3 Å². The first-order valence-electron chi connectivity index (χ1n) is 9.65. The lowest BCUT2D eigenvalue weighted by Crippen LogP contribution is -2.33. The van der Waals surface area contributed by atoms with Gasteiger partial charge in [-0.3, -0.25) is 0 Å². The molecule has 3 rings (SSSR count). The second-order valence-electron chi connectivity index (χ2n) is 7.56. The van der Waals surface area contributed by atoms with E-state index in [1.54, 1.807) is 0 Å². The number of pyridine rings is 1. The van der Waals surface area contributed by atoms with Crippen molar-refractivity contribution in [2.75, 3.05) is 13.6 Å². The molecule has 4 nitrogen and oxygen atoms in total. The van der Waals surface area contributed by atoms with Crippen LogP contribution in [0.5, 0.6) is 5.88 Å². The van der Waals surface area contributed by atoms with Crippen LogP contribution in [0.4, 0.5) is 5.69 Å². The van der Waals surface area contributed by atoms with Crippen LogP contribution in [0.2, 0.25) is 0 Å². The van der Waals surface area contributed by atoms with Gasteiger partial charge in [0.1, 0.15) is 6.10 Å². The van der Waals surface area contributed by atoms with Crippen LogP contribution in [0, 0.1) is 18.8 Å². The van der Waals surface area contributed by atoms with E-state index < -0.39 is 0 Å². The van der Waals surface area contributed by atoms with Crippen molar-refractivity contribution in [3.8, 4) is 5.88 Å². The van der Waals surface area contributed by atoms with Gasteiger partial charge in [-0.1, -0.05) is 25.7 Å². The first-order valence-corrected chi connectivity index (χ1v) is 10.4. The van der Waals surface area contributed by atoms with Crippen molar-refractivity contribution >= 4 is 28.0 Å². The third-order valence-corrected chi connectivity index (χ3v) is 6.34. The Kier molecular flexibility index (Phi) is 6.37. The Morgan fingerprint density at radius 3 is 2.80 bits per heavy atom. The molecule has 0 spiro atoms. The van der Waals surface area contributed by atoms with Crippen LogP contribution in [0.25, 0.3) is 0 Å². The lowest BCUT2D eigenvalue weighted by molar-refractivity contribution is 0.0613. The Morgan fingerprint density at radius 2 is 2.04 bits per heavy atom. The zero-order valence-electron chi connectivity index (χ0n) is 15.7. The lowest BCUT2D eigenvalue weighted by atomic mass is 9.70. The summed E-state index contributed by atoms with van der Waals surface area (Å²) in [5.74, 6) is 2.53. The van der Waals surface area contributed by atoms with Gasteiger partial charge < -0.3 is 9.64 Å². The topological polar surface area (TPSA) is 37.7 Å². The van der Waals surface area contributed by atoms with Crippen molar-refractivity contribution in [2.45, 2.75) is 64.9 Å². The number of halogens is 1. The Bertz CT molecular complexity index is 619. The molecule has 138 valence electrons. The fourth-order valence-electron chi connectivity index (χ4n) is 4.10. The van der Waals surface area contributed by atoms with Gasteiger partial charge in [-0.15, -0.1) is 0 Å². The smallest absolute Gasteiger partial charge is 0.228 e. The Labute approximate surface area is 160 Å². The fourth-order valence-corrected chi connectivity index (χ4v) is 4.50. The van der Waals surface area contributed by atoms with Crippen LogP contribution in [0.3, 0.4) is 0 Å². The third-order valence-electron chi connectivity index (χ3n) is 5.77. The number of hydrogen-bond acceptors (Lipinski definition) is 3. The van der Waals surface area contributed by atoms with Gasteiger partial charge in [0.15, 0.2) is 0 Å². The molecule has 25 heavy (non-hydrogen) atoms.